The molecule has 0 aliphatic heterocycles. The quantitative estimate of drug-likeness (QED) is 0.656. The van der Waals surface area contributed by atoms with Crippen molar-refractivity contribution in [1.29, 1.82) is 0 Å². The van der Waals surface area contributed by atoms with E-state index in [0.29, 0.717) is 6.42 Å². The van der Waals surface area contributed by atoms with Crippen LogP contribution >= 0.6 is 0 Å². The number of carbonyl (C=O) groups is 1. The summed E-state index contributed by atoms with van der Waals surface area (Å²) in [6, 6.07) is 0.0797. The van der Waals surface area contributed by atoms with Gasteiger partial charge in [-0.2, -0.15) is 0 Å². The Morgan fingerprint density at radius 3 is 2.67 bits per heavy atom. The molecule has 0 aromatic carbocycles. The number of hydrogen-bond donors (Lipinski definition) is 2. The summed E-state index contributed by atoms with van der Waals surface area (Å²) in [4.78, 5) is 11.0. The van der Waals surface area contributed by atoms with Gasteiger partial charge in [0.25, 0.3) is 0 Å². The van der Waals surface area contributed by atoms with Crippen LogP contribution in [0.5, 0.6) is 0 Å². The van der Waals surface area contributed by atoms with E-state index in [-0.39, 0.29) is 12.0 Å². The Morgan fingerprint density at radius 2 is 2.33 bits per heavy atom. The lowest BCUT2D eigenvalue weighted by Gasteiger charge is -2.25. The molecule has 0 saturated heterocycles. The van der Waals surface area contributed by atoms with Gasteiger partial charge in [0, 0.05) is 6.04 Å². The highest BCUT2D eigenvalue weighted by molar-refractivity contribution is 5.75. The molecule has 70 valence electrons. The van der Waals surface area contributed by atoms with Gasteiger partial charge in [-0.05, 0) is 25.7 Å². The van der Waals surface area contributed by atoms with E-state index >= 15 is 0 Å². The average Bonchev–Trinajstić information content (AvgIpc) is 2.27. The van der Waals surface area contributed by atoms with Crippen molar-refractivity contribution in [2.24, 2.45) is 17.1 Å². The normalized spacial score (nSPS) is 41.6. The summed E-state index contributed by atoms with van der Waals surface area (Å²) in [5.41, 5.74) is 5.18. The fourth-order valence-corrected chi connectivity index (χ4v) is 2.30. The van der Waals surface area contributed by atoms with E-state index in [1.807, 2.05) is 13.8 Å². The monoisotopic (exact) mass is 171 g/mol. The van der Waals surface area contributed by atoms with E-state index in [2.05, 4.69) is 0 Å². The van der Waals surface area contributed by atoms with Crippen LogP contribution in [-0.4, -0.2) is 17.1 Å². The van der Waals surface area contributed by atoms with E-state index in [4.69, 9.17) is 10.8 Å². The van der Waals surface area contributed by atoms with Gasteiger partial charge in [0.05, 0.1) is 5.41 Å². The molecule has 0 aromatic rings. The van der Waals surface area contributed by atoms with E-state index in [1.54, 1.807) is 0 Å². The fourth-order valence-electron chi connectivity index (χ4n) is 2.30. The lowest BCUT2D eigenvalue weighted by atomic mass is 9.78. The van der Waals surface area contributed by atoms with E-state index < -0.39 is 11.4 Å². The maximum atomic E-state index is 11.0. The zero-order valence-corrected chi connectivity index (χ0v) is 7.71. The van der Waals surface area contributed by atoms with Crippen molar-refractivity contribution in [3.63, 3.8) is 0 Å². The standard InChI is InChI=1S/C9H17NO2/c1-3-6-4-7(10)5-9(6,2)8(11)12/h6-7H,3-5,10H2,1-2H3,(H,11,12). The minimum absolute atomic E-state index is 0.0797. The number of hydrogen-bond acceptors (Lipinski definition) is 2. The summed E-state index contributed by atoms with van der Waals surface area (Å²) < 4.78 is 0. The number of carboxylic acid groups (broad SMARTS) is 1. The molecular formula is C9H17NO2. The highest BCUT2D eigenvalue weighted by atomic mass is 16.4. The van der Waals surface area contributed by atoms with Crippen molar-refractivity contribution in [3.8, 4) is 0 Å². The third-order valence-electron chi connectivity index (χ3n) is 3.16. The molecule has 3 unspecified atom stereocenters. The molecule has 1 aliphatic carbocycles. The molecule has 0 radical (unpaired) electrons. The molecule has 0 aromatic heterocycles. The third kappa shape index (κ3) is 1.33. The SMILES string of the molecule is CCC1CC(N)CC1(C)C(=O)O. The zero-order chi connectivity index (χ0) is 9.35. The predicted molar refractivity (Wildman–Crippen MR) is 46.7 cm³/mol. The van der Waals surface area contributed by atoms with Crippen LogP contribution in [0.1, 0.15) is 33.1 Å². The fraction of sp³-hybridized carbons (Fsp3) is 0.889. The Morgan fingerprint density at radius 1 is 1.75 bits per heavy atom. The summed E-state index contributed by atoms with van der Waals surface area (Å²) in [5, 5.41) is 9.04. The molecular weight excluding hydrogens is 154 g/mol. The topological polar surface area (TPSA) is 63.3 Å². The molecule has 0 spiro atoms. The largest absolute Gasteiger partial charge is 0.481 e. The highest BCUT2D eigenvalue weighted by Gasteiger charge is 2.47. The van der Waals surface area contributed by atoms with Gasteiger partial charge in [0.1, 0.15) is 0 Å². The summed E-state index contributed by atoms with van der Waals surface area (Å²) in [6.07, 6.45) is 2.40. The first-order chi connectivity index (χ1) is 5.50. The van der Waals surface area contributed by atoms with Gasteiger partial charge in [-0.25, -0.2) is 0 Å². The summed E-state index contributed by atoms with van der Waals surface area (Å²) >= 11 is 0. The van der Waals surface area contributed by atoms with Crippen LogP contribution in [0.15, 0.2) is 0 Å². The van der Waals surface area contributed by atoms with Gasteiger partial charge in [0.2, 0.25) is 0 Å². The minimum atomic E-state index is -0.692. The molecule has 0 heterocycles. The second-order valence-corrected chi connectivity index (χ2v) is 4.03. The Hall–Kier alpha value is -0.570. The Bertz CT molecular complexity index is 193. The number of carboxylic acids is 1. The molecule has 1 saturated carbocycles. The molecule has 1 fully saturated rings. The average molecular weight is 171 g/mol. The maximum absolute atomic E-state index is 11.0. The van der Waals surface area contributed by atoms with E-state index in [1.165, 1.54) is 0 Å². The predicted octanol–water partition coefficient (Wildman–Crippen LogP) is 1.22. The van der Waals surface area contributed by atoms with Crippen molar-refractivity contribution >= 4 is 5.97 Å². The number of rotatable bonds is 2. The Labute approximate surface area is 72.9 Å². The van der Waals surface area contributed by atoms with Gasteiger partial charge in [-0.3, -0.25) is 4.79 Å². The summed E-state index contributed by atoms with van der Waals surface area (Å²) in [5.74, 6) is -0.438. The van der Waals surface area contributed by atoms with E-state index in [9.17, 15) is 4.79 Å². The van der Waals surface area contributed by atoms with Gasteiger partial charge in [-0.15, -0.1) is 0 Å². The molecule has 1 aliphatic rings. The van der Waals surface area contributed by atoms with Crippen molar-refractivity contribution in [1.82, 2.24) is 0 Å². The minimum Gasteiger partial charge on any atom is -0.481 e. The van der Waals surface area contributed by atoms with Crippen LogP contribution < -0.4 is 5.73 Å². The van der Waals surface area contributed by atoms with E-state index in [0.717, 1.165) is 12.8 Å². The molecule has 0 amide bonds. The summed E-state index contributed by atoms with van der Waals surface area (Å²) in [6.45, 7) is 3.85. The molecule has 3 nitrogen and oxygen atoms in total. The van der Waals surface area contributed by atoms with Crippen molar-refractivity contribution in [2.75, 3.05) is 0 Å². The van der Waals surface area contributed by atoms with Crippen molar-refractivity contribution in [3.05, 3.63) is 0 Å². The van der Waals surface area contributed by atoms with Crippen LogP contribution in [0.2, 0.25) is 0 Å². The maximum Gasteiger partial charge on any atom is 0.309 e. The molecule has 0 bridgehead atoms. The molecule has 12 heavy (non-hydrogen) atoms. The molecule has 3 N–H and O–H groups in total. The lowest BCUT2D eigenvalue weighted by molar-refractivity contribution is -0.150. The molecule has 1 rings (SSSR count). The highest BCUT2D eigenvalue weighted by Crippen LogP contribution is 2.44. The number of aliphatic carboxylic acids is 1. The smallest absolute Gasteiger partial charge is 0.309 e. The van der Waals surface area contributed by atoms with Crippen LogP contribution in [-0.2, 0) is 4.79 Å². The van der Waals surface area contributed by atoms with Gasteiger partial charge >= 0.3 is 5.97 Å². The lowest BCUT2D eigenvalue weighted by Crippen LogP contribution is -2.31. The first-order valence-electron chi connectivity index (χ1n) is 4.49. The van der Waals surface area contributed by atoms with Crippen LogP contribution in [0, 0.1) is 11.3 Å². The Kier molecular flexibility index (Phi) is 2.42. The third-order valence-corrected chi connectivity index (χ3v) is 3.16. The molecule has 3 atom stereocenters. The van der Waals surface area contributed by atoms with Crippen LogP contribution in [0.3, 0.4) is 0 Å². The second kappa shape index (κ2) is 3.05. The second-order valence-electron chi connectivity index (χ2n) is 4.03. The van der Waals surface area contributed by atoms with Crippen molar-refractivity contribution < 1.29 is 9.90 Å². The first kappa shape index (κ1) is 9.52. The summed E-state index contributed by atoms with van der Waals surface area (Å²) in [7, 11) is 0. The van der Waals surface area contributed by atoms with Gasteiger partial charge in [0.15, 0.2) is 0 Å². The van der Waals surface area contributed by atoms with Gasteiger partial charge in [-0.1, -0.05) is 13.3 Å². The molecule has 3 heteroatoms. The zero-order valence-electron chi connectivity index (χ0n) is 7.71. The van der Waals surface area contributed by atoms with Gasteiger partial charge < -0.3 is 10.8 Å². The van der Waals surface area contributed by atoms with Crippen molar-refractivity contribution in [2.45, 2.75) is 39.2 Å². The Balaban J connectivity index is 2.81. The van der Waals surface area contributed by atoms with Crippen LogP contribution in [0.25, 0.3) is 0 Å². The first-order valence-corrected chi connectivity index (χ1v) is 4.49. The number of nitrogens with two attached hydrogens (primary N) is 1. The van der Waals surface area contributed by atoms with Crippen LogP contribution in [0.4, 0.5) is 0 Å².